The van der Waals surface area contributed by atoms with Crippen LogP contribution in [0.2, 0.25) is 0 Å². The number of aliphatic hydroxyl groups is 1. The van der Waals surface area contributed by atoms with Crippen molar-refractivity contribution in [1.82, 2.24) is 15.2 Å². The molecule has 0 radical (unpaired) electrons. The van der Waals surface area contributed by atoms with Crippen LogP contribution in [0.25, 0.3) is 0 Å². The number of hydrogen-bond donors (Lipinski definition) is 2. The highest BCUT2D eigenvalue weighted by Crippen LogP contribution is 2.38. The van der Waals surface area contributed by atoms with E-state index < -0.39 is 23.2 Å². The van der Waals surface area contributed by atoms with E-state index in [-0.39, 0.29) is 31.4 Å². The lowest BCUT2D eigenvalue weighted by Crippen LogP contribution is -2.59. The van der Waals surface area contributed by atoms with Crippen LogP contribution in [0.4, 0.5) is 4.79 Å². The molecule has 2 heterocycles. The highest BCUT2D eigenvalue weighted by molar-refractivity contribution is 6.13. The predicted molar refractivity (Wildman–Crippen MR) is 119 cm³/mol. The maximum Gasteiger partial charge on any atom is 0.408 e. The Balaban J connectivity index is 1.81. The summed E-state index contributed by atoms with van der Waals surface area (Å²) in [4.78, 5) is 40.4. The quantitative estimate of drug-likeness (QED) is 0.692. The minimum Gasteiger partial charge on any atom is -0.444 e. The Morgan fingerprint density at radius 1 is 1.28 bits per heavy atom. The molecule has 2 aliphatic rings. The SMILES string of the molecule is CN1N=C2CCN(C(=O)[C@@H](CCO)NC(=O)OC(C)(C)C)C[C@@]2(Cc2ccccc2)C1=O. The van der Waals surface area contributed by atoms with Gasteiger partial charge in [0.25, 0.3) is 5.91 Å². The molecule has 1 aromatic rings. The van der Waals surface area contributed by atoms with Gasteiger partial charge >= 0.3 is 6.09 Å². The van der Waals surface area contributed by atoms with Crippen LogP contribution < -0.4 is 5.32 Å². The van der Waals surface area contributed by atoms with Crippen molar-refractivity contribution in [3.8, 4) is 0 Å². The number of nitrogens with zero attached hydrogens (tertiary/aromatic N) is 3. The number of ether oxygens (including phenoxy) is 1. The summed E-state index contributed by atoms with van der Waals surface area (Å²) in [7, 11) is 1.63. The summed E-state index contributed by atoms with van der Waals surface area (Å²) in [5, 5.41) is 17.8. The van der Waals surface area contributed by atoms with Crippen LogP contribution in [0.15, 0.2) is 35.4 Å². The second-order valence-corrected chi connectivity index (χ2v) is 9.34. The normalized spacial score (nSPS) is 21.7. The van der Waals surface area contributed by atoms with Gasteiger partial charge in [-0.25, -0.2) is 9.80 Å². The molecular formula is C23H32N4O5. The van der Waals surface area contributed by atoms with Gasteiger partial charge in [-0.15, -0.1) is 0 Å². The molecule has 0 unspecified atom stereocenters. The van der Waals surface area contributed by atoms with Crippen molar-refractivity contribution >= 4 is 23.6 Å². The number of fused-ring (bicyclic) bond motifs is 1. The zero-order chi connectivity index (χ0) is 23.5. The average Bonchev–Trinajstić information content (AvgIpc) is 2.96. The van der Waals surface area contributed by atoms with Crippen molar-refractivity contribution in [1.29, 1.82) is 0 Å². The Bertz CT molecular complexity index is 895. The van der Waals surface area contributed by atoms with E-state index in [2.05, 4.69) is 10.4 Å². The summed E-state index contributed by atoms with van der Waals surface area (Å²) in [6, 6.07) is 8.71. The summed E-state index contributed by atoms with van der Waals surface area (Å²) in [5.41, 5.74) is 0.113. The van der Waals surface area contributed by atoms with Crippen molar-refractivity contribution in [3.63, 3.8) is 0 Å². The zero-order valence-electron chi connectivity index (χ0n) is 19.1. The lowest BCUT2D eigenvalue weighted by molar-refractivity contribution is -0.141. The number of aliphatic hydroxyl groups excluding tert-OH is 1. The number of hydrogen-bond acceptors (Lipinski definition) is 6. The summed E-state index contributed by atoms with van der Waals surface area (Å²) in [5.74, 6) is -0.494. The molecule has 1 fully saturated rings. The number of likely N-dealkylation sites (tertiary alicyclic amines) is 1. The molecule has 2 aliphatic heterocycles. The van der Waals surface area contributed by atoms with Crippen LogP contribution in [-0.4, -0.2) is 77.0 Å². The molecule has 0 spiro atoms. The van der Waals surface area contributed by atoms with Crippen LogP contribution in [0.3, 0.4) is 0 Å². The van der Waals surface area contributed by atoms with Crippen LogP contribution in [0.1, 0.15) is 39.2 Å². The molecule has 1 saturated heterocycles. The fourth-order valence-corrected chi connectivity index (χ4v) is 4.27. The molecule has 2 atom stereocenters. The highest BCUT2D eigenvalue weighted by Gasteiger charge is 2.53. The smallest absolute Gasteiger partial charge is 0.408 e. The number of rotatable bonds is 6. The van der Waals surface area contributed by atoms with Crippen LogP contribution in [-0.2, 0) is 20.7 Å². The van der Waals surface area contributed by atoms with Crippen molar-refractivity contribution in [3.05, 3.63) is 35.9 Å². The van der Waals surface area contributed by atoms with Gasteiger partial charge in [0, 0.05) is 33.2 Å². The molecule has 32 heavy (non-hydrogen) atoms. The van der Waals surface area contributed by atoms with E-state index in [4.69, 9.17) is 4.74 Å². The van der Waals surface area contributed by atoms with E-state index >= 15 is 0 Å². The summed E-state index contributed by atoms with van der Waals surface area (Å²) < 4.78 is 5.27. The minimum absolute atomic E-state index is 0.0507. The number of carbonyl (C=O) groups is 3. The number of carbonyl (C=O) groups excluding carboxylic acids is 3. The number of benzene rings is 1. The third kappa shape index (κ3) is 5.09. The lowest BCUT2D eigenvalue weighted by Gasteiger charge is -2.40. The van der Waals surface area contributed by atoms with Gasteiger partial charge in [0.1, 0.15) is 17.1 Å². The van der Waals surface area contributed by atoms with Crippen LogP contribution in [0, 0.1) is 5.41 Å². The standard InChI is InChI=1S/C23H32N4O5/c1-22(2,3)32-21(31)24-17(11-13-28)19(29)27-12-10-18-23(15-27,20(30)26(4)25-18)14-16-8-6-5-7-9-16/h5-9,17,28H,10-15H2,1-4H3,(H,24,31)/t17-,23-/m1/s1. The zero-order valence-corrected chi connectivity index (χ0v) is 19.1. The van der Waals surface area contributed by atoms with Crippen LogP contribution >= 0.6 is 0 Å². The lowest BCUT2D eigenvalue weighted by atomic mass is 9.73. The molecule has 9 heteroatoms. The second kappa shape index (κ2) is 9.28. The number of piperidine rings is 1. The van der Waals surface area contributed by atoms with Crippen molar-refractivity contribution in [2.75, 3.05) is 26.7 Å². The maximum absolute atomic E-state index is 13.3. The Morgan fingerprint density at radius 2 is 1.97 bits per heavy atom. The van der Waals surface area contributed by atoms with E-state index in [1.54, 1.807) is 32.7 Å². The third-order valence-corrected chi connectivity index (χ3v) is 5.67. The second-order valence-electron chi connectivity index (χ2n) is 9.34. The first-order valence-corrected chi connectivity index (χ1v) is 10.8. The molecule has 174 valence electrons. The molecular weight excluding hydrogens is 412 g/mol. The van der Waals surface area contributed by atoms with Crippen molar-refractivity contribution in [2.45, 2.75) is 51.7 Å². The van der Waals surface area contributed by atoms with E-state index in [1.807, 2.05) is 30.3 Å². The fraction of sp³-hybridized carbons (Fsp3) is 0.565. The molecule has 1 aromatic carbocycles. The first-order chi connectivity index (χ1) is 15.1. The first-order valence-electron chi connectivity index (χ1n) is 10.8. The molecule has 0 saturated carbocycles. The Kier molecular flexibility index (Phi) is 6.88. The largest absolute Gasteiger partial charge is 0.444 e. The number of nitrogens with one attached hydrogen (secondary N) is 1. The predicted octanol–water partition coefficient (Wildman–Crippen LogP) is 1.55. The van der Waals surface area contributed by atoms with Gasteiger partial charge in [0.05, 0.1) is 5.71 Å². The average molecular weight is 445 g/mol. The van der Waals surface area contributed by atoms with Gasteiger partial charge in [-0.3, -0.25) is 9.59 Å². The Morgan fingerprint density at radius 3 is 2.59 bits per heavy atom. The Hall–Kier alpha value is -2.94. The van der Waals surface area contributed by atoms with Gasteiger partial charge in [-0.2, -0.15) is 5.10 Å². The summed E-state index contributed by atoms with van der Waals surface area (Å²) >= 11 is 0. The third-order valence-electron chi connectivity index (χ3n) is 5.67. The number of amides is 3. The molecule has 3 amide bonds. The molecule has 9 nitrogen and oxygen atoms in total. The van der Waals surface area contributed by atoms with Gasteiger partial charge in [0.2, 0.25) is 5.91 Å². The van der Waals surface area contributed by atoms with E-state index in [9.17, 15) is 19.5 Å². The monoisotopic (exact) mass is 444 g/mol. The first kappa shape index (κ1) is 23.7. The molecule has 2 N–H and O–H groups in total. The van der Waals surface area contributed by atoms with Gasteiger partial charge in [-0.05, 0) is 39.2 Å². The number of hydrazone groups is 1. The van der Waals surface area contributed by atoms with Crippen molar-refractivity contribution < 1.29 is 24.2 Å². The Labute approximate surface area is 188 Å². The molecule has 0 bridgehead atoms. The summed E-state index contributed by atoms with van der Waals surface area (Å²) in [6.07, 6.45) is 0.227. The molecule has 3 rings (SSSR count). The minimum atomic E-state index is -0.948. The highest BCUT2D eigenvalue weighted by atomic mass is 16.6. The summed E-state index contributed by atoms with van der Waals surface area (Å²) in [6.45, 7) is 5.47. The molecule has 0 aliphatic carbocycles. The van der Waals surface area contributed by atoms with E-state index in [0.29, 0.717) is 19.4 Å². The van der Waals surface area contributed by atoms with Crippen LogP contribution in [0.5, 0.6) is 0 Å². The fourth-order valence-electron chi connectivity index (χ4n) is 4.27. The van der Waals surface area contributed by atoms with E-state index in [1.165, 1.54) is 5.01 Å². The van der Waals surface area contributed by atoms with Gasteiger partial charge in [-0.1, -0.05) is 30.3 Å². The maximum atomic E-state index is 13.3. The van der Waals surface area contributed by atoms with Gasteiger partial charge < -0.3 is 20.1 Å². The molecule has 0 aromatic heterocycles. The van der Waals surface area contributed by atoms with Crippen molar-refractivity contribution in [2.24, 2.45) is 10.5 Å². The topological polar surface area (TPSA) is 112 Å². The number of alkyl carbamates (subject to hydrolysis) is 1. The van der Waals surface area contributed by atoms with Gasteiger partial charge in [0.15, 0.2) is 0 Å². The van der Waals surface area contributed by atoms with E-state index in [0.717, 1.165) is 11.3 Å².